The first-order valence-electron chi connectivity index (χ1n) is 2.93. The molecule has 1 aliphatic rings. The van der Waals surface area contributed by atoms with E-state index >= 15 is 0 Å². The minimum Gasteiger partial charge on any atom is -0.274 e. The zero-order chi connectivity index (χ0) is 7.56. The Morgan fingerprint density at radius 2 is 2.50 bits per heavy atom. The molecule has 0 aliphatic carbocycles. The number of hydrogen-bond donors (Lipinski definition) is 1. The molecule has 0 aromatic carbocycles. The highest BCUT2D eigenvalue weighted by molar-refractivity contribution is 5.80. The van der Waals surface area contributed by atoms with Crippen LogP contribution >= 0.6 is 0 Å². The fourth-order valence-electron chi connectivity index (χ4n) is 0.635. The average molecular weight is 144 g/mol. The van der Waals surface area contributed by atoms with Crippen molar-refractivity contribution in [3.63, 3.8) is 0 Å². The summed E-state index contributed by atoms with van der Waals surface area (Å²) in [6.45, 7) is 1.66. The molecular formula is C5H8N2O3. The number of amides is 2. The van der Waals surface area contributed by atoms with E-state index < -0.39 is 0 Å². The fourth-order valence-corrected chi connectivity index (χ4v) is 0.635. The largest absolute Gasteiger partial charge is 0.274 e. The Labute approximate surface area is 57.9 Å². The predicted molar refractivity (Wildman–Crippen MR) is 31.2 cm³/mol. The van der Waals surface area contributed by atoms with E-state index in [9.17, 15) is 9.59 Å². The van der Waals surface area contributed by atoms with Gasteiger partial charge in [-0.3, -0.25) is 14.4 Å². The van der Waals surface area contributed by atoms with Crippen molar-refractivity contribution in [2.75, 3.05) is 6.61 Å². The molecule has 5 nitrogen and oxygen atoms in total. The van der Waals surface area contributed by atoms with Crippen molar-refractivity contribution in [1.29, 1.82) is 0 Å². The normalized spacial score (nSPS) is 17.7. The molecule has 2 amide bonds. The second-order valence-electron chi connectivity index (χ2n) is 1.94. The molecule has 0 atom stereocenters. The zero-order valence-electron chi connectivity index (χ0n) is 5.59. The Morgan fingerprint density at radius 3 is 2.90 bits per heavy atom. The van der Waals surface area contributed by atoms with Gasteiger partial charge in [0.1, 0.15) is 0 Å². The van der Waals surface area contributed by atoms with Crippen molar-refractivity contribution in [1.82, 2.24) is 10.6 Å². The topological polar surface area (TPSA) is 58.6 Å². The summed E-state index contributed by atoms with van der Waals surface area (Å²) >= 11 is 0. The van der Waals surface area contributed by atoms with E-state index in [2.05, 4.69) is 5.43 Å². The second kappa shape index (κ2) is 2.66. The standard InChI is InChI=1S/C5H8N2O3/c1-4(8)6-7-5(9)2-3-10-7/h2-3H2,1H3,(H,6,8). The molecule has 0 aromatic rings. The molecule has 1 N–H and O–H groups in total. The average Bonchev–Trinajstić information content (AvgIpc) is 2.15. The number of hydroxylamine groups is 1. The van der Waals surface area contributed by atoms with Gasteiger partial charge in [-0.15, -0.1) is 5.17 Å². The summed E-state index contributed by atoms with van der Waals surface area (Å²) in [5, 5.41) is 0.863. The molecule has 0 spiro atoms. The summed E-state index contributed by atoms with van der Waals surface area (Å²) in [5.41, 5.74) is 2.21. The van der Waals surface area contributed by atoms with Crippen molar-refractivity contribution in [3.8, 4) is 0 Å². The first-order chi connectivity index (χ1) is 4.70. The highest BCUT2D eigenvalue weighted by Gasteiger charge is 2.21. The van der Waals surface area contributed by atoms with Gasteiger partial charge in [-0.05, 0) is 0 Å². The monoisotopic (exact) mass is 144 g/mol. The minimum atomic E-state index is -0.310. The van der Waals surface area contributed by atoms with Gasteiger partial charge < -0.3 is 0 Å². The van der Waals surface area contributed by atoms with E-state index in [4.69, 9.17) is 4.84 Å². The number of hydrogen-bond acceptors (Lipinski definition) is 3. The first-order valence-corrected chi connectivity index (χ1v) is 2.93. The van der Waals surface area contributed by atoms with Crippen molar-refractivity contribution >= 4 is 11.8 Å². The molecule has 0 radical (unpaired) electrons. The number of carbonyl (C=O) groups excluding carboxylic acids is 2. The first kappa shape index (κ1) is 7.01. The van der Waals surface area contributed by atoms with Crippen LogP contribution in [0.5, 0.6) is 0 Å². The van der Waals surface area contributed by atoms with Crippen LogP contribution in [0.3, 0.4) is 0 Å². The lowest BCUT2D eigenvalue weighted by molar-refractivity contribution is -0.182. The number of nitrogens with zero attached hydrogens (tertiary/aromatic N) is 1. The number of rotatable bonds is 1. The van der Waals surface area contributed by atoms with Crippen LogP contribution in [0.15, 0.2) is 0 Å². The Balaban J connectivity index is 2.40. The molecule has 10 heavy (non-hydrogen) atoms. The van der Waals surface area contributed by atoms with E-state index in [1.807, 2.05) is 0 Å². The maximum absolute atomic E-state index is 10.7. The third-order valence-electron chi connectivity index (χ3n) is 1.02. The molecule has 56 valence electrons. The number of carbonyl (C=O) groups is 2. The van der Waals surface area contributed by atoms with Gasteiger partial charge in [0.15, 0.2) is 0 Å². The third-order valence-corrected chi connectivity index (χ3v) is 1.02. The lowest BCUT2D eigenvalue weighted by atomic mass is 10.5. The maximum atomic E-state index is 10.7. The summed E-state index contributed by atoms with van der Waals surface area (Å²) in [4.78, 5) is 25.8. The van der Waals surface area contributed by atoms with Crippen LogP contribution in [0.25, 0.3) is 0 Å². The molecule has 1 saturated heterocycles. The molecule has 0 aromatic heterocycles. The van der Waals surface area contributed by atoms with Crippen LogP contribution in [0.4, 0.5) is 0 Å². The molecule has 1 fully saturated rings. The van der Waals surface area contributed by atoms with Crippen LogP contribution < -0.4 is 5.43 Å². The minimum absolute atomic E-state index is 0.213. The molecule has 5 heteroatoms. The Hall–Kier alpha value is -1.10. The van der Waals surface area contributed by atoms with Gasteiger partial charge in [0, 0.05) is 6.92 Å². The number of hydrazine groups is 1. The fraction of sp³-hybridized carbons (Fsp3) is 0.600. The molecule has 1 aliphatic heterocycles. The molecule has 0 bridgehead atoms. The molecule has 1 rings (SSSR count). The van der Waals surface area contributed by atoms with E-state index in [0.29, 0.717) is 13.0 Å². The van der Waals surface area contributed by atoms with Crippen molar-refractivity contribution in [2.24, 2.45) is 0 Å². The summed E-state index contributed by atoms with van der Waals surface area (Å²) in [5.74, 6) is -0.523. The van der Waals surface area contributed by atoms with Gasteiger partial charge in [-0.1, -0.05) is 0 Å². The second-order valence-corrected chi connectivity index (χ2v) is 1.94. The summed E-state index contributed by atoms with van der Waals surface area (Å²) in [6.07, 6.45) is 0.334. The summed E-state index contributed by atoms with van der Waals surface area (Å²) < 4.78 is 0. The predicted octanol–water partition coefficient (Wildman–Crippen LogP) is -0.799. The van der Waals surface area contributed by atoms with Crippen molar-refractivity contribution in [2.45, 2.75) is 13.3 Å². The lowest BCUT2D eigenvalue weighted by Crippen LogP contribution is -2.40. The van der Waals surface area contributed by atoms with Crippen LogP contribution in [0.1, 0.15) is 13.3 Å². The molecular weight excluding hydrogens is 136 g/mol. The Bertz CT molecular complexity index is 168. The van der Waals surface area contributed by atoms with Crippen LogP contribution in [0.2, 0.25) is 0 Å². The van der Waals surface area contributed by atoms with E-state index in [1.54, 1.807) is 0 Å². The van der Waals surface area contributed by atoms with Gasteiger partial charge in [-0.25, -0.2) is 5.43 Å². The lowest BCUT2D eigenvalue weighted by Gasteiger charge is -2.12. The molecule has 0 saturated carbocycles. The van der Waals surface area contributed by atoms with E-state index in [1.165, 1.54) is 6.92 Å². The van der Waals surface area contributed by atoms with Crippen molar-refractivity contribution < 1.29 is 14.4 Å². The summed E-state index contributed by atoms with van der Waals surface area (Å²) in [6, 6.07) is 0. The molecule has 0 unspecified atom stereocenters. The van der Waals surface area contributed by atoms with E-state index in [0.717, 1.165) is 5.17 Å². The molecule has 1 heterocycles. The Kier molecular flexibility index (Phi) is 1.86. The van der Waals surface area contributed by atoms with Gasteiger partial charge in [-0.2, -0.15) is 0 Å². The quantitative estimate of drug-likeness (QED) is 0.524. The van der Waals surface area contributed by atoms with Crippen LogP contribution in [0, 0.1) is 0 Å². The van der Waals surface area contributed by atoms with Gasteiger partial charge >= 0.3 is 0 Å². The van der Waals surface area contributed by atoms with Crippen LogP contribution in [-0.2, 0) is 14.4 Å². The SMILES string of the molecule is CC(=O)NN1OCCC1=O. The van der Waals surface area contributed by atoms with Crippen molar-refractivity contribution in [3.05, 3.63) is 0 Å². The Morgan fingerprint density at radius 1 is 1.80 bits per heavy atom. The number of nitrogens with one attached hydrogen (secondary N) is 1. The smallest absolute Gasteiger partial charge is 0.269 e. The van der Waals surface area contributed by atoms with E-state index in [-0.39, 0.29) is 11.8 Å². The summed E-state index contributed by atoms with van der Waals surface area (Å²) in [7, 11) is 0. The third kappa shape index (κ3) is 1.44. The van der Waals surface area contributed by atoms with Gasteiger partial charge in [0.05, 0.1) is 13.0 Å². The highest BCUT2D eigenvalue weighted by Crippen LogP contribution is 2.01. The highest BCUT2D eigenvalue weighted by atomic mass is 16.7. The maximum Gasteiger partial charge on any atom is 0.269 e. The van der Waals surface area contributed by atoms with Gasteiger partial charge in [0.2, 0.25) is 5.91 Å². The zero-order valence-corrected chi connectivity index (χ0v) is 5.59. The van der Waals surface area contributed by atoms with Gasteiger partial charge in [0.25, 0.3) is 5.91 Å². The van der Waals surface area contributed by atoms with Crippen LogP contribution in [-0.4, -0.2) is 23.6 Å².